The Bertz CT molecular complexity index is 2160. The van der Waals surface area contributed by atoms with Crippen molar-refractivity contribution in [3.63, 3.8) is 0 Å². The van der Waals surface area contributed by atoms with Crippen molar-refractivity contribution in [2.75, 3.05) is 0 Å². The van der Waals surface area contributed by atoms with Crippen molar-refractivity contribution in [1.29, 1.82) is 0 Å². The molecule has 0 bridgehead atoms. The first kappa shape index (κ1) is 34.8. The predicted molar refractivity (Wildman–Crippen MR) is 227 cm³/mol. The fraction of sp³-hybridized carbons (Fsp3) is 0.0400. The number of hydrogen-bond donors (Lipinski definition) is 0. The third-order valence-corrected chi connectivity index (χ3v) is 12.4. The van der Waals surface area contributed by atoms with E-state index in [4.69, 9.17) is 23.2 Å². The van der Waals surface area contributed by atoms with Crippen LogP contribution in [-0.4, -0.2) is 0 Å². The molecule has 0 radical (unpaired) electrons. The molecule has 0 amide bonds. The third kappa shape index (κ3) is 6.62. The Morgan fingerprint density at radius 3 is 0.849 bits per heavy atom. The van der Waals surface area contributed by atoms with Gasteiger partial charge < -0.3 is 0 Å². The van der Waals surface area contributed by atoms with Crippen LogP contribution in [0.15, 0.2) is 218 Å². The molecule has 8 rings (SSSR count). The summed E-state index contributed by atoms with van der Waals surface area (Å²) in [6.07, 6.45) is 0. The molecule has 0 unspecified atom stereocenters. The van der Waals surface area contributed by atoms with Gasteiger partial charge in [0.15, 0.2) is 0 Å². The van der Waals surface area contributed by atoms with Gasteiger partial charge >= 0.3 is 0 Å². The SMILES string of the molecule is Clc1ccc(-c2ccccc2C(SC(c2ccccc2)(c2ccccc2)c2ccccc2-c2ccc(Cl)cc2)(c2ccccc2)c2ccccc2)cc1. The second kappa shape index (κ2) is 15.3. The Balaban J connectivity index is 1.55. The summed E-state index contributed by atoms with van der Waals surface area (Å²) >= 11 is 14.9. The van der Waals surface area contributed by atoms with E-state index in [2.05, 4.69) is 194 Å². The average molecular weight is 740 g/mol. The van der Waals surface area contributed by atoms with E-state index >= 15 is 0 Å². The highest BCUT2D eigenvalue weighted by Crippen LogP contribution is 2.63. The summed E-state index contributed by atoms with van der Waals surface area (Å²) in [6, 6.07) is 78.1. The summed E-state index contributed by atoms with van der Waals surface area (Å²) in [4.78, 5) is 0. The normalized spacial score (nSPS) is 11.7. The first-order valence-corrected chi connectivity index (χ1v) is 19.3. The van der Waals surface area contributed by atoms with E-state index in [-0.39, 0.29) is 0 Å². The summed E-state index contributed by atoms with van der Waals surface area (Å²) in [7, 11) is 0. The molecule has 0 fully saturated rings. The standard InChI is InChI=1S/C50H36Cl2S/c51-43-33-29-37(30-34-43)45-25-13-15-27-47(45)49(39-17-5-1-6-18-39,40-19-7-2-8-20-40)53-50(41-21-9-3-10-22-41,42-23-11-4-12-24-42)48-28-16-14-26-46(48)38-31-35-44(52)36-32-38/h1-36H. The van der Waals surface area contributed by atoms with Gasteiger partial charge in [0.25, 0.3) is 0 Å². The van der Waals surface area contributed by atoms with Crippen LogP contribution < -0.4 is 0 Å². The van der Waals surface area contributed by atoms with Gasteiger partial charge in [0.05, 0.1) is 9.49 Å². The molecule has 8 aromatic carbocycles. The number of hydrogen-bond acceptors (Lipinski definition) is 1. The maximum atomic E-state index is 6.47. The Morgan fingerprint density at radius 1 is 0.283 bits per heavy atom. The Kier molecular flexibility index (Phi) is 10.1. The molecule has 256 valence electrons. The molecule has 0 spiro atoms. The van der Waals surface area contributed by atoms with E-state index in [9.17, 15) is 0 Å². The van der Waals surface area contributed by atoms with Crippen LogP contribution in [0, 0.1) is 0 Å². The topological polar surface area (TPSA) is 0 Å². The lowest BCUT2D eigenvalue weighted by Crippen LogP contribution is -2.36. The number of halogens is 2. The van der Waals surface area contributed by atoms with Gasteiger partial charge in [-0.15, -0.1) is 11.8 Å². The van der Waals surface area contributed by atoms with Crippen LogP contribution in [0.1, 0.15) is 33.4 Å². The Labute approximate surface area is 326 Å². The van der Waals surface area contributed by atoms with E-state index in [1.54, 1.807) is 0 Å². The van der Waals surface area contributed by atoms with Crippen LogP contribution in [-0.2, 0) is 9.49 Å². The van der Waals surface area contributed by atoms with Gasteiger partial charge in [-0.1, -0.05) is 217 Å². The van der Waals surface area contributed by atoms with Crippen molar-refractivity contribution in [3.05, 3.63) is 262 Å². The number of benzene rings is 8. The molecule has 0 saturated heterocycles. The zero-order chi connectivity index (χ0) is 36.1. The average Bonchev–Trinajstić information content (AvgIpc) is 3.24. The molecule has 0 aliphatic rings. The highest BCUT2D eigenvalue weighted by atomic mass is 35.5. The van der Waals surface area contributed by atoms with Gasteiger partial charge in [-0.2, -0.15) is 0 Å². The van der Waals surface area contributed by atoms with Crippen LogP contribution in [0.5, 0.6) is 0 Å². The summed E-state index contributed by atoms with van der Waals surface area (Å²) < 4.78 is -1.48. The summed E-state index contributed by atoms with van der Waals surface area (Å²) in [5.74, 6) is 0. The summed E-state index contributed by atoms with van der Waals surface area (Å²) in [6.45, 7) is 0. The largest absolute Gasteiger partial charge is 0.119 e. The predicted octanol–water partition coefficient (Wildman–Crippen LogP) is 14.3. The quantitative estimate of drug-likeness (QED) is 0.126. The van der Waals surface area contributed by atoms with Gasteiger partial charge in [0, 0.05) is 10.0 Å². The van der Waals surface area contributed by atoms with E-state index in [0.717, 1.165) is 22.3 Å². The maximum absolute atomic E-state index is 6.47. The van der Waals surface area contributed by atoms with Gasteiger partial charge in [0.1, 0.15) is 0 Å². The van der Waals surface area contributed by atoms with Gasteiger partial charge in [0.2, 0.25) is 0 Å². The molecule has 0 N–H and O–H groups in total. The molecule has 0 atom stereocenters. The first-order valence-electron chi connectivity index (χ1n) is 17.7. The molecule has 0 aliphatic carbocycles. The first-order chi connectivity index (χ1) is 26.1. The molecule has 0 nitrogen and oxygen atoms in total. The molecule has 8 aromatic rings. The van der Waals surface area contributed by atoms with Gasteiger partial charge in [-0.05, 0) is 79.9 Å². The lowest BCUT2D eigenvalue weighted by atomic mass is 9.79. The monoisotopic (exact) mass is 738 g/mol. The minimum Gasteiger partial charge on any atom is -0.119 e. The molecule has 3 heteroatoms. The molecular formula is C50H36Cl2S. The zero-order valence-electron chi connectivity index (χ0n) is 28.9. The highest BCUT2D eigenvalue weighted by molar-refractivity contribution is 8.02. The minimum absolute atomic E-state index is 0.712. The summed E-state index contributed by atoms with van der Waals surface area (Å²) in [5, 5.41) is 1.42. The Morgan fingerprint density at radius 2 is 0.547 bits per heavy atom. The molecular weight excluding hydrogens is 704 g/mol. The molecule has 0 saturated carbocycles. The fourth-order valence-electron chi connectivity index (χ4n) is 7.56. The van der Waals surface area contributed by atoms with Crippen molar-refractivity contribution in [1.82, 2.24) is 0 Å². The zero-order valence-corrected chi connectivity index (χ0v) is 31.3. The van der Waals surface area contributed by atoms with E-state index in [1.165, 1.54) is 33.4 Å². The number of rotatable bonds is 10. The van der Waals surface area contributed by atoms with E-state index in [0.29, 0.717) is 10.0 Å². The van der Waals surface area contributed by atoms with Crippen molar-refractivity contribution < 1.29 is 0 Å². The lowest BCUT2D eigenvalue weighted by molar-refractivity contribution is 0.834. The fourth-order valence-corrected chi connectivity index (χ4v) is 9.87. The Hall–Kier alpha value is -5.31. The van der Waals surface area contributed by atoms with Gasteiger partial charge in [-0.25, -0.2) is 0 Å². The van der Waals surface area contributed by atoms with Crippen molar-refractivity contribution in [2.24, 2.45) is 0 Å². The van der Waals surface area contributed by atoms with Crippen LogP contribution in [0.3, 0.4) is 0 Å². The lowest BCUT2D eigenvalue weighted by Gasteiger charge is -2.46. The van der Waals surface area contributed by atoms with E-state index < -0.39 is 9.49 Å². The second-order valence-electron chi connectivity index (χ2n) is 13.0. The third-order valence-electron chi connectivity index (χ3n) is 9.95. The van der Waals surface area contributed by atoms with Crippen LogP contribution in [0.4, 0.5) is 0 Å². The molecule has 53 heavy (non-hydrogen) atoms. The van der Waals surface area contributed by atoms with Crippen LogP contribution in [0.25, 0.3) is 22.3 Å². The van der Waals surface area contributed by atoms with Crippen molar-refractivity contribution in [3.8, 4) is 22.3 Å². The molecule has 0 heterocycles. The smallest absolute Gasteiger partial charge is 0.0928 e. The minimum atomic E-state index is -0.739. The second-order valence-corrected chi connectivity index (χ2v) is 15.3. The van der Waals surface area contributed by atoms with Crippen LogP contribution in [0.2, 0.25) is 10.0 Å². The summed E-state index contributed by atoms with van der Waals surface area (Å²) in [5.41, 5.74) is 11.6. The number of thioether (sulfide) groups is 1. The molecule has 0 aromatic heterocycles. The van der Waals surface area contributed by atoms with Gasteiger partial charge in [-0.3, -0.25) is 0 Å². The van der Waals surface area contributed by atoms with E-state index in [1.807, 2.05) is 36.0 Å². The molecule has 0 aliphatic heterocycles. The highest BCUT2D eigenvalue weighted by Gasteiger charge is 2.50. The van der Waals surface area contributed by atoms with Crippen molar-refractivity contribution in [2.45, 2.75) is 9.49 Å². The van der Waals surface area contributed by atoms with Crippen LogP contribution >= 0.6 is 35.0 Å². The van der Waals surface area contributed by atoms with Crippen molar-refractivity contribution >= 4 is 35.0 Å². The maximum Gasteiger partial charge on any atom is 0.0928 e.